The molecule has 4 nitrogen and oxygen atoms in total. The maximum Gasteiger partial charge on any atom is 0.573 e. The highest BCUT2D eigenvalue weighted by molar-refractivity contribution is 5.77. The molecule has 0 saturated carbocycles. The number of ether oxygens (including phenoxy) is 1. The number of aliphatic carboxylic acids is 1. The third-order valence-electron chi connectivity index (χ3n) is 3.32. The normalized spacial score (nSPS) is 15.9. The van der Waals surface area contributed by atoms with E-state index in [0.29, 0.717) is 24.8 Å². The summed E-state index contributed by atoms with van der Waals surface area (Å²) in [6.07, 6.45) is -3.28. The quantitative estimate of drug-likeness (QED) is 0.808. The highest BCUT2D eigenvalue weighted by atomic mass is 19.4. The van der Waals surface area contributed by atoms with Crippen LogP contribution in [0.3, 0.4) is 0 Å². The second-order valence-corrected chi connectivity index (χ2v) is 5.77. The van der Waals surface area contributed by atoms with E-state index in [4.69, 9.17) is 10.8 Å². The van der Waals surface area contributed by atoms with E-state index in [-0.39, 0.29) is 11.7 Å². The highest BCUT2D eigenvalue weighted by Gasteiger charge is 2.31. The number of carboxylic acids is 1. The van der Waals surface area contributed by atoms with Gasteiger partial charge in [-0.2, -0.15) is 0 Å². The smallest absolute Gasteiger partial charge is 0.480 e. The molecule has 0 aliphatic heterocycles. The van der Waals surface area contributed by atoms with Gasteiger partial charge in [0.05, 0.1) is 0 Å². The van der Waals surface area contributed by atoms with Gasteiger partial charge in [-0.25, -0.2) is 0 Å². The van der Waals surface area contributed by atoms with E-state index >= 15 is 0 Å². The van der Waals surface area contributed by atoms with Crippen LogP contribution < -0.4 is 10.5 Å². The third kappa shape index (κ3) is 6.34. The summed E-state index contributed by atoms with van der Waals surface area (Å²) in [5.41, 5.74) is 5.07. The van der Waals surface area contributed by atoms with Crippen LogP contribution in [0.4, 0.5) is 13.2 Å². The largest absolute Gasteiger partial charge is 0.573 e. The van der Waals surface area contributed by atoms with Crippen molar-refractivity contribution in [3.8, 4) is 5.75 Å². The van der Waals surface area contributed by atoms with E-state index in [2.05, 4.69) is 4.74 Å². The molecule has 0 radical (unpaired) electrons. The summed E-state index contributed by atoms with van der Waals surface area (Å²) in [7, 11) is 0. The van der Waals surface area contributed by atoms with Crippen LogP contribution in [0.2, 0.25) is 0 Å². The molecular formula is C15H20F3NO3. The van der Waals surface area contributed by atoms with E-state index in [9.17, 15) is 18.0 Å². The minimum atomic E-state index is -4.71. The van der Waals surface area contributed by atoms with Crippen LogP contribution >= 0.6 is 0 Å². The van der Waals surface area contributed by atoms with Crippen LogP contribution in [0.1, 0.15) is 32.3 Å². The Morgan fingerprint density at radius 1 is 1.41 bits per heavy atom. The van der Waals surface area contributed by atoms with Gasteiger partial charge < -0.3 is 15.6 Å². The number of nitrogens with two attached hydrogens (primary N) is 1. The first-order valence-electron chi connectivity index (χ1n) is 6.86. The number of rotatable bonds is 7. The van der Waals surface area contributed by atoms with Crippen molar-refractivity contribution >= 4 is 5.97 Å². The Bertz CT molecular complexity index is 515. The van der Waals surface area contributed by atoms with Gasteiger partial charge in [0.1, 0.15) is 11.3 Å². The minimum Gasteiger partial charge on any atom is -0.480 e. The van der Waals surface area contributed by atoms with Gasteiger partial charge in [-0.1, -0.05) is 19.1 Å². The first-order chi connectivity index (χ1) is 9.99. The Hall–Kier alpha value is -1.76. The van der Waals surface area contributed by atoms with Gasteiger partial charge in [-0.15, -0.1) is 13.2 Å². The topological polar surface area (TPSA) is 72.5 Å². The van der Waals surface area contributed by atoms with Crippen LogP contribution in [-0.2, 0) is 11.2 Å². The molecule has 2 unspecified atom stereocenters. The van der Waals surface area contributed by atoms with E-state index in [1.807, 2.05) is 6.92 Å². The first-order valence-corrected chi connectivity index (χ1v) is 6.86. The van der Waals surface area contributed by atoms with Crippen molar-refractivity contribution in [2.75, 3.05) is 0 Å². The molecule has 1 aromatic carbocycles. The average Bonchev–Trinajstić information content (AvgIpc) is 2.34. The zero-order valence-electron chi connectivity index (χ0n) is 12.5. The lowest BCUT2D eigenvalue weighted by molar-refractivity contribution is -0.274. The van der Waals surface area contributed by atoms with E-state index < -0.39 is 17.9 Å². The Labute approximate surface area is 127 Å². The summed E-state index contributed by atoms with van der Waals surface area (Å²) >= 11 is 0. The van der Waals surface area contributed by atoms with Crippen molar-refractivity contribution in [2.24, 2.45) is 11.7 Å². The fourth-order valence-electron chi connectivity index (χ4n) is 2.22. The van der Waals surface area contributed by atoms with Gasteiger partial charge in [-0.05, 0) is 49.8 Å². The van der Waals surface area contributed by atoms with Crippen molar-refractivity contribution in [2.45, 2.75) is 45.0 Å². The summed E-state index contributed by atoms with van der Waals surface area (Å²) in [6, 6.07) is 5.76. The van der Waals surface area contributed by atoms with Gasteiger partial charge in [0, 0.05) is 0 Å². The van der Waals surface area contributed by atoms with Gasteiger partial charge in [-0.3, -0.25) is 4.79 Å². The molecular weight excluding hydrogens is 299 g/mol. The molecule has 0 fully saturated rings. The monoisotopic (exact) mass is 319 g/mol. The molecule has 3 N–H and O–H groups in total. The van der Waals surface area contributed by atoms with Crippen LogP contribution in [-0.4, -0.2) is 23.0 Å². The third-order valence-corrected chi connectivity index (χ3v) is 3.32. The molecule has 1 aromatic rings. The van der Waals surface area contributed by atoms with E-state index in [0.717, 1.165) is 0 Å². The van der Waals surface area contributed by atoms with E-state index in [1.54, 1.807) is 6.07 Å². The number of hydrogen-bond donors (Lipinski definition) is 2. The Kier molecular flexibility index (Phi) is 5.82. The van der Waals surface area contributed by atoms with Crippen molar-refractivity contribution < 1.29 is 27.8 Å². The molecule has 0 aliphatic carbocycles. The van der Waals surface area contributed by atoms with Gasteiger partial charge >= 0.3 is 12.3 Å². The molecule has 7 heteroatoms. The maximum absolute atomic E-state index is 12.2. The van der Waals surface area contributed by atoms with Crippen molar-refractivity contribution in [3.05, 3.63) is 29.8 Å². The second kappa shape index (κ2) is 7.00. The number of carbonyl (C=O) groups is 1. The van der Waals surface area contributed by atoms with Crippen molar-refractivity contribution in [3.63, 3.8) is 0 Å². The van der Waals surface area contributed by atoms with Crippen molar-refractivity contribution in [1.29, 1.82) is 0 Å². The molecule has 0 saturated heterocycles. The maximum atomic E-state index is 12.2. The lowest BCUT2D eigenvalue weighted by Crippen LogP contribution is -2.46. The molecule has 2 atom stereocenters. The van der Waals surface area contributed by atoms with Crippen LogP contribution in [0, 0.1) is 5.92 Å². The summed E-state index contributed by atoms with van der Waals surface area (Å²) in [6.45, 7) is 3.31. The molecule has 0 amide bonds. The van der Waals surface area contributed by atoms with Crippen LogP contribution in [0.25, 0.3) is 0 Å². The molecule has 0 bridgehead atoms. The number of aryl methyl sites for hydroxylation is 1. The predicted molar refractivity (Wildman–Crippen MR) is 75.5 cm³/mol. The SMILES string of the molecule is CC(CCc1cccc(OC(F)(F)F)c1)CC(C)(N)C(=O)O. The molecule has 1 rings (SSSR count). The van der Waals surface area contributed by atoms with Crippen molar-refractivity contribution in [1.82, 2.24) is 0 Å². The average molecular weight is 319 g/mol. The zero-order chi connectivity index (χ0) is 17.0. The zero-order valence-corrected chi connectivity index (χ0v) is 12.5. The predicted octanol–water partition coefficient (Wildman–Crippen LogP) is 3.35. The number of halogens is 3. The van der Waals surface area contributed by atoms with Gasteiger partial charge in [0.15, 0.2) is 0 Å². The summed E-state index contributed by atoms with van der Waals surface area (Å²) in [4.78, 5) is 11.0. The molecule has 0 aliphatic rings. The Morgan fingerprint density at radius 2 is 2.05 bits per heavy atom. The Balaban J connectivity index is 2.58. The molecule has 0 heterocycles. The molecule has 22 heavy (non-hydrogen) atoms. The first kappa shape index (κ1) is 18.3. The van der Waals surface area contributed by atoms with E-state index in [1.165, 1.54) is 25.1 Å². The number of benzene rings is 1. The summed E-state index contributed by atoms with van der Waals surface area (Å²) in [5.74, 6) is -1.30. The Morgan fingerprint density at radius 3 is 2.59 bits per heavy atom. The highest BCUT2D eigenvalue weighted by Crippen LogP contribution is 2.25. The van der Waals surface area contributed by atoms with Crippen LogP contribution in [0.5, 0.6) is 5.75 Å². The fraction of sp³-hybridized carbons (Fsp3) is 0.533. The number of hydrogen-bond acceptors (Lipinski definition) is 3. The van der Waals surface area contributed by atoms with Gasteiger partial charge in [0.2, 0.25) is 0 Å². The minimum absolute atomic E-state index is 0.0262. The van der Waals surface area contributed by atoms with Gasteiger partial charge in [0.25, 0.3) is 0 Å². The summed E-state index contributed by atoms with van der Waals surface area (Å²) < 4.78 is 40.3. The number of alkyl halides is 3. The lowest BCUT2D eigenvalue weighted by atomic mass is 9.87. The standard InChI is InChI=1S/C15H20F3NO3/c1-10(9-14(2,19)13(20)21)6-7-11-4-3-5-12(8-11)22-15(16,17)18/h3-5,8,10H,6-7,9,19H2,1-2H3,(H,20,21). The second-order valence-electron chi connectivity index (χ2n) is 5.77. The molecule has 0 spiro atoms. The lowest BCUT2D eigenvalue weighted by Gasteiger charge is -2.23. The summed E-state index contributed by atoms with van der Waals surface area (Å²) in [5, 5.41) is 8.97. The molecule has 0 aromatic heterocycles. The van der Waals surface area contributed by atoms with Crippen LogP contribution in [0.15, 0.2) is 24.3 Å². The fourth-order valence-corrected chi connectivity index (χ4v) is 2.22. The number of carboxylic acid groups (broad SMARTS) is 1. The molecule has 124 valence electrons.